The highest BCUT2D eigenvalue weighted by Crippen LogP contribution is 2.30. The summed E-state index contributed by atoms with van der Waals surface area (Å²) >= 11 is 12.1. The van der Waals surface area contributed by atoms with Gasteiger partial charge in [0.2, 0.25) is 0 Å². The quantitative estimate of drug-likeness (QED) is 0.402. The Balaban J connectivity index is 2.09. The smallest absolute Gasteiger partial charge is 0.193 e. The summed E-state index contributed by atoms with van der Waals surface area (Å²) in [5, 5.41) is 3.46. The second-order valence-corrected chi connectivity index (χ2v) is 6.17. The molecule has 4 heteroatoms. The lowest BCUT2D eigenvalue weighted by atomic mass is 10.1. The Morgan fingerprint density at radius 3 is 2.30 bits per heavy atom. The first kappa shape index (κ1) is 14.3. The first-order valence-corrected chi connectivity index (χ1v) is 7.79. The molecule has 0 aliphatic heterocycles. The zero-order valence-electron chi connectivity index (χ0n) is 11.8. The van der Waals surface area contributed by atoms with E-state index in [-0.39, 0.29) is 5.43 Å². The lowest BCUT2D eigenvalue weighted by Crippen LogP contribution is -2.00. The molecule has 0 aliphatic carbocycles. The van der Waals surface area contributed by atoms with E-state index in [4.69, 9.17) is 27.6 Å². The molecular weight excluding hydrogens is 331 g/mol. The van der Waals surface area contributed by atoms with Crippen LogP contribution < -0.4 is 5.43 Å². The zero-order chi connectivity index (χ0) is 16.0. The molecule has 0 N–H and O–H groups in total. The van der Waals surface area contributed by atoms with Crippen LogP contribution in [0.25, 0.3) is 33.1 Å². The second-order valence-electron chi connectivity index (χ2n) is 5.30. The van der Waals surface area contributed by atoms with Crippen LogP contribution in [-0.4, -0.2) is 0 Å². The Kier molecular flexibility index (Phi) is 3.37. The van der Waals surface area contributed by atoms with Crippen molar-refractivity contribution in [3.05, 3.63) is 80.9 Å². The zero-order valence-corrected chi connectivity index (χ0v) is 13.4. The van der Waals surface area contributed by atoms with E-state index in [2.05, 4.69) is 0 Å². The summed E-state index contributed by atoms with van der Waals surface area (Å²) in [6, 6.07) is 18.1. The van der Waals surface area contributed by atoms with Gasteiger partial charge in [-0.25, -0.2) is 0 Å². The van der Waals surface area contributed by atoms with Crippen LogP contribution in [0.1, 0.15) is 0 Å². The molecule has 0 amide bonds. The number of halogens is 2. The fourth-order valence-electron chi connectivity index (χ4n) is 2.72. The molecule has 1 heterocycles. The Labute approximate surface area is 141 Å². The Hall–Kier alpha value is -2.29. The third-order valence-electron chi connectivity index (χ3n) is 3.77. The highest BCUT2D eigenvalue weighted by Gasteiger charge is 2.11. The molecule has 4 aromatic rings. The lowest BCUT2D eigenvalue weighted by molar-refractivity contribution is 0.622. The topological polar surface area (TPSA) is 30.2 Å². The fraction of sp³-hybridized carbons (Fsp3) is 0. The molecule has 4 rings (SSSR count). The number of hydrogen-bond acceptors (Lipinski definition) is 2. The minimum Gasteiger partial charge on any atom is -0.455 e. The highest BCUT2D eigenvalue weighted by atomic mass is 35.5. The number of hydrogen-bond donors (Lipinski definition) is 0. The third kappa shape index (κ3) is 2.50. The van der Waals surface area contributed by atoms with Gasteiger partial charge in [0.15, 0.2) is 5.43 Å². The molecular formula is C19H10Cl2O2. The number of fused-ring (bicyclic) bond motifs is 3. The van der Waals surface area contributed by atoms with Crippen molar-refractivity contribution in [3.8, 4) is 11.3 Å². The average Bonchev–Trinajstić information content (AvgIpc) is 2.53. The van der Waals surface area contributed by atoms with Gasteiger partial charge in [-0.15, -0.1) is 0 Å². The van der Waals surface area contributed by atoms with Crippen LogP contribution in [0.4, 0.5) is 0 Å². The Morgan fingerprint density at radius 2 is 1.52 bits per heavy atom. The minimum atomic E-state index is -0.0944. The summed E-state index contributed by atoms with van der Waals surface area (Å²) in [5.41, 5.74) is 1.15. The average molecular weight is 341 g/mol. The van der Waals surface area contributed by atoms with Gasteiger partial charge < -0.3 is 4.42 Å². The van der Waals surface area contributed by atoms with Gasteiger partial charge in [-0.2, -0.15) is 0 Å². The van der Waals surface area contributed by atoms with Gasteiger partial charge in [0.05, 0.1) is 5.39 Å². The van der Waals surface area contributed by atoms with Gasteiger partial charge in [0.25, 0.3) is 0 Å². The summed E-state index contributed by atoms with van der Waals surface area (Å²) in [4.78, 5) is 12.5. The van der Waals surface area contributed by atoms with Gasteiger partial charge in [-0.05, 0) is 29.7 Å². The van der Waals surface area contributed by atoms with E-state index in [1.807, 2.05) is 30.3 Å². The van der Waals surface area contributed by atoms with E-state index in [9.17, 15) is 4.79 Å². The maximum Gasteiger partial charge on any atom is 0.193 e. The van der Waals surface area contributed by atoms with Crippen molar-refractivity contribution >= 4 is 44.9 Å². The summed E-state index contributed by atoms with van der Waals surface area (Å²) in [5.74, 6) is 0.447. The molecule has 0 radical (unpaired) electrons. The molecule has 0 saturated heterocycles. The van der Waals surface area contributed by atoms with E-state index in [1.54, 1.807) is 24.3 Å². The third-order valence-corrected chi connectivity index (χ3v) is 4.20. The summed E-state index contributed by atoms with van der Waals surface area (Å²) in [7, 11) is 0. The van der Waals surface area contributed by atoms with E-state index >= 15 is 0 Å². The van der Waals surface area contributed by atoms with Crippen molar-refractivity contribution in [3.63, 3.8) is 0 Å². The molecule has 112 valence electrons. The monoisotopic (exact) mass is 340 g/mol. The van der Waals surface area contributed by atoms with Crippen LogP contribution in [0.5, 0.6) is 0 Å². The van der Waals surface area contributed by atoms with Gasteiger partial charge in [-0.1, -0.05) is 53.5 Å². The van der Waals surface area contributed by atoms with Gasteiger partial charge in [0.1, 0.15) is 11.3 Å². The van der Waals surface area contributed by atoms with Gasteiger partial charge >= 0.3 is 0 Å². The molecule has 0 atom stereocenters. The van der Waals surface area contributed by atoms with E-state index in [0.29, 0.717) is 32.3 Å². The van der Waals surface area contributed by atoms with Crippen LogP contribution in [-0.2, 0) is 0 Å². The molecule has 0 spiro atoms. The van der Waals surface area contributed by atoms with Crippen LogP contribution >= 0.6 is 23.2 Å². The molecule has 0 bridgehead atoms. The van der Waals surface area contributed by atoms with Crippen molar-refractivity contribution in [2.75, 3.05) is 0 Å². The summed E-state index contributed by atoms with van der Waals surface area (Å²) in [6.07, 6.45) is 0. The minimum absolute atomic E-state index is 0.0944. The molecule has 23 heavy (non-hydrogen) atoms. The Morgan fingerprint density at radius 1 is 0.783 bits per heavy atom. The van der Waals surface area contributed by atoms with E-state index in [1.165, 1.54) is 6.07 Å². The normalized spacial score (nSPS) is 11.2. The number of benzene rings is 3. The lowest BCUT2D eigenvalue weighted by Gasteiger charge is -2.07. The fourth-order valence-corrected chi connectivity index (χ4v) is 3.25. The SMILES string of the molecule is O=c1cc(-c2cc(Cl)cc(Cl)c2)oc2c1ccc1ccccc12. The maximum absolute atomic E-state index is 12.5. The van der Waals surface area contributed by atoms with Gasteiger partial charge in [-0.3, -0.25) is 4.79 Å². The predicted octanol–water partition coefficient (Wildman–Crippen LogP) is 5.92. The van der Waals surface area contributed by atoms with Crippen molar-refractivity contribution in [1.29, 1.82) is 0 Å². The summed E-state index contributed by atoms with van der Waals surface area (Å²) < 4.78 is 6.03. The predicted molar refractivity (Wildman–Crippen MR) is 95.4 cm³/mol. The van der Waals surface area contributed by atoms with Crippen LogP contribution in [0.3, 0.4) is 0 Å². The van der Waals surface area contributed by atoms with Crippen molar-refractivity contribution < 1.29 is 4.42 Å². The van der Waals surface area contributed by atoms with Crippen LogP contribution in [0.2, 0.25) is 10.0 Å². The largest absolute Gasteiger partial charge is 0.455 e. The molecule has 0 saturated carbocycles. The van der Waals surface area contributed by atoms with Crippen molar-refractivity contribution in [2.24, 2.45) is 0 Å². The van der Waals surface area contributed by atoms with E-state index < -0.39 is 0 Å². The number of rotatable bonds is 1. The van der Waals surface area contributed by atoms with Crippen LogP contribution in [0, 0.1) is 0 Å². The standard InChI is InChI=1S/C19H10Cl2O2/c20-13-7-12(8-14(21)9-13)18-10-17(22)16-6-5-11-3-1-2-4-15(11)19(16)23-18/h1-10H. The second kappa shape index (κ2) is 5.41. The first-order chi connectivity index (χ1) is 11.1. The Bertz CT molecular complexity index is 1090. The molecule has 0 aliphatic rings. The van der Waals surface area contributed by atoms with E-state index in [0.717, 1.165) is 10.8 Å². The van der Waals surface area contributed by atoms with Crippen molar-refractivity contribution in [1.82, 2.24) is 0 Å². The highest BCUT2D eigenvalue weighted by molar-refractivity contribution is 6.35. The first-order valence-electron chi connectivity index (χ1n) is 7.04. The van der Waals surface area contributed by atoms with Crippen LogP contribution in [0.15, 0.2) is 69.9 Å². The molecule has 1 aromatic heterocycles. The molecule has 0 unspecified atom stereocenters. The molecule has 0 fully saturated rings. The molecule has 3 aromatic carbocycles. The summed E-state index contributed by atoms with van der Waals surface area (Å²) in [6.45, 7) is 0. The van der Waals surface area contributed by atoms with Crippen molar-refractivity contribution in [2.45, 2.75) is 0 Å². The van der Waals surface area contributed by atoms with Gasteiger partial charge in [0, 0.05) is 27.1 Å². The maximum atomic E-state index is 12.5. The molecule has 2 nitrogen and oxygen atoms in total.